The van der Waals surface area contributed by atoms with Crippen molar-refractivity contribution in [1.29, 1.82) is 0 Å². The first-order valence-electron chi connectivity index (χ1n) is 17.2. The van der Waals surface area contributed by atoms with Gasteiger partial charge in [0, 0.05) is 61.3 Å². The van der Waals surface area contributed by atoms with Gasteiger partial charge < -0.3 is 38.5 Å². The number of anilines is 6. The standard InChI is InChI=1S/C20H15N3O8S2.C17H30N4O/c21-9-5-6-12(14(7-9)32(26,27)28)23-13-8-15(33(29,30)31)18(22)17-16(13)19(24)10-3-1-2-4-11(10)20(17)25;1-21(16-10-8-15(19)9-11-16)14-6-4-2-3-5-7-17(22)20-13-12-18/h1-8,23H,21-22H2,(H,26,27,28)(H,29,30,31);8-11H,2-7,12-14,18-19H2,1H3,(H,20,22). The van der Waals surface area contributed by atoms with Gasteiger partial charge in [-0.25, -0.2) is 0 Å². The van der Waals surface area contributed by atoms with Gasteiger partial charge in [0.25, 0.3) is 20.2 Å². The number of carbonyl (C=O) groups excluding carboxylic acids is 3. The molecule has 4 aromatic rings. The zero-order valence-corrected chi connectivity index (χ0v) is 31.8. The van der Waals surface area contributed by atoms with E-state index in [2.05, 4.69) is 34.7 Å². The van der Waals surface area contributed by atoms with Crippen LogP contribution in [0.4, 0.5) is 34.1 Å². The van der Waals surface area contributed by atoms with E-state index < -0.39 is 52.8 Å². The average Bonchev–Trinajstić information content (AvgIpc) is 3.13. The van der Waals surface area contributed by atoms with Gasteiger partial charge >= 0.3 is 0 Å². The molecule has 0 fully saturated rings. The van der Waals surface area contributed by atoms with E-state index in [1.165, 1.54) is 55.3 Å². The molecule has 0 aromatic heterocycles. The zero-order chi connectivity index (χ0) is 40.5. The van der Waals surface area contributed by atoms with E-state index in [0.717, 1.165) is 43.3 Å². The molecule has 18 heteroatoms. The first-order valence-corrected chi connectivity index (χ1v) is 20.1. The highest BCUT2D eigenvalue weighted by molar-refractivity contribution is 7.86. The number of hydrogen-bond acceptors (Lipinski definition) is 13. The highest BCUT2D eigenvalue weighted by atomic mass is 32.2. The summed E-state index contributed by atoms with van der Waals surface area (Å²) in [6.45, 7) is 2.13. The van der Waals surface area contributed by atoms with Gasteiger partial charge in [-0.05, 0) is 61.4 Å². The van der Waals surface area contributed by atoms with Crippen LogP contribution in [0.25, 0.3) is 0 Å². The lowest BCUT2D eigenvalue weighted by atomic mass is 9.82. The molecule has 5 rings (SSSR count). The summed E-state index contributed by atoms with van der Waals surface area (Å²) in [5, 5.41) is 5.35. The number of amides is 1. The summed E-state index contributed by atoms with van der Waals surface area (Å²) in [5.74, 6) is -1.34. The van der Waals surface area contributed by atoms with E-state index in [0.29, 0.717) is 19.5 Å². The molecule has 0 aliphatic heterocycles. The van der Waals surface area contributed by atoms with Crippen molar-refractivity contribution < 1.29 is 40.3 Å². The lowest BCUT2D eigenvalue weighted by Crippen LogP contribution is -2.28. The molecule has 12 N–H and O–H groups in total. The van der Waals surface area contributed by atoms with Crippen molar-refractivity contribution in [3.63, 3.8) is 0 Å². The molecule has 0 atom stereocenters. The largest absolute Gasteiger partial charge is 0.399 e. The van der Waals surface area contributed by atoms with Crippen LogP contribution < -0.4 is 38.5 Å². The van der Waals surface area contributed by atoms with Gasteiger partial charge in [0.1, 0.15) is 9.79 Å². The van der Waals surface area contributed by atoms with E-state index in [-0.39, 0.29) is 39.7 Å². The van der Waals surface area contributed by atoms with Crippen LogP contribution in [0.2, 0.25) is 0 Å². The van der Waals surface area contributed by atoms with Crippen LogP contribution in [-0.4, -0.2) is 70.1 Å². The van der Waals surface area contributed by atoms with E-state index >= 15 is 0 Å². The van der Waals surface area contributed by atoms with E-state index in [1.54, 1.807) is 0 Å². The third-order valence-electron chi connectivity index (χ3n) is 8.73. The normalized spacial score (nSPS) is 12.2. The fourth-order valence-electron chi connectivity index (χ4n) is 5.93. The number of carbonyl (C=O) groups is 3. The summed E-state index contributed by atoms with van der Waals surface area (Å²) in [7, 11) is -7.66. The van der Waals surface area contributed by atoms with Crippen molar-refractivity contribution >= 4 is 71.8 Å². The summed E-state index contributed by atoms with van der Waals surface area (Å²) in [4.78, 5) is 38.5. The average molecular weight is 796 g/mol. The molecule has 55 heavy (non-hydrogen) atoms. The van der Waals surface area contributed by atoms with Crippen LogP contribution in [0.1, 0.15) is 70.4 Å². The molecule has 1 aliphatic rings. The summed E-state index contributed by atoms with van der Waals surface area (Å²) in [6, 6.07) is 17.9. The van der Waals surface area contributed by atoms with Gasteiger partial charge in [-0.1, -0.05) is 43.5 Å². The van der Waals surface area contributed by atoms with Gasteiger partial charge in [0.2, 0.25) is 5.91 Å². The first kappa shape index (κ1) is 42.2. The Morgan fingerprint density at radius 1 is 0.709 bits per heavy atom. The Balaban J connectivity index is 0.000000267. The number of nitrogen functional groups attached to an aromatic ring is 3. The molecule has 0 unspecified atom stereocenters. The number of nitrogens with two attached hydrogens (primary N) is 4. The smallest absolute Gasteiger partial charge is 0.296 e. The van der Waals surface area contributed by atoms with Crippen molar-refractivity contribution in [2.45, 2.75) is 48.3 Å². The predicted octanol–water partition coefficient (Wildman–Crippen LogP) is 3.98. The summed E-state index contributed by atoms with van der Waals surface area (Å²) < 4.78 is 66.8. The van der Waals surface area contributed by atoms with Crippen LogP contribution in [0, 0.1) is 0 Å². The predicted molar refractivity (Wildman–Crippen MR) is 212 cm³/mol. The molecule has 16 nitrogen and oxygen atoms in total. The SMILES string of the molecule is CN(CCCCCCCC(=O)NCCN)c1ccc(N)cc1.Nc1ccc(Nc2cc(S(=O)(=O)O)c(N)c3c2C(=O)c2ccccc2C3=O)c(S(=O)(=O)O)c1. The quantitative estimate of drug-likeness (QED) is 0.0422. The maximum atomic E-state index is 13.3. The number of nitrogens with one attached hydrogen (secondary N) is 2. The number of benzene rings is 4. The Morgan fingerprint density at radius 3 is 1.87 bits per heavy atom. The molecule has 1 amide bonds. The van der Waals surface area contributed by atoms with Crippen molar-refractivity contribution in [3.05, 3.63) is 95.1 Å². The van der Waals surface area contributed by atoms with Crippen LogP contribution in [-0.2, 0) is 25.0 Å². The molecular weight excluding hydrogens is 751 g/mol. The molecule has 0 heterocycles. The third-order valence-corrected chi connectivity index (χ3v) is 10.5. The summed E-state index contributed by atoms with van der Waals surface area (Å²) in [5.41, 5.74) is 22.4. The van der Waals surface area contributed by atoms with Crippen LogP contribution in [0.3, 0.4) is 0 Å². The topological polar surface area (TPSA) is 291 Å². The number of nitrogens with zero attached hydrogens (tertiary/aromatic N) is 1. The fraction of sp³-hybridized carbons (Fsp3) is 0.270. The number of fused-ring (bicyclic) bond motifs is 2. The Morgan fingerprint density at radius 2 is 1.27 bits per heavy atom. The van der Waals surface area contributed by atoms with E-state index in [4.69, 9.17) is 22.9 Å². The second kappa shape index (κ2) is 18.2. The molecule has 4 aromatic carbocycles. The minimum absolute atomic E-state index is 0.00804. The van der Waals surface area contributed by atoms with Crippen molar-refractivity contribution in [2.24, 2.45) is 5.73 Å². The van der Waals surface area contributed by atoms with E-state index in [9.17, 15) is 40.3 Å². The Hall–Kier alpha value is -5.53. The molecule has 0 spiro atoms. The van der Waals surface area contributed by atoms with Crippen molar-refractivity contribution in [1.82, 2.24) is 5.32 Å². The molecule has 0 saturated carbocycles. The van der Waals surface area contributed by atoms with Crippen molar-refractivity contribution in [3.8, 4) is 0 Å². The minimum atomic E-state index is -4.96. The first-order chi connectivity index (χ1) is 25.9. The van der Waals surface area contributed by atoms with Crippen molar-refractivity contribution in [2.75, 3.05) is 54.1 Å². The highest BCUT2D eigenvalue weighted by Gasteiger charge is 2.36. The Kier molecular flexibility index (Phi) is 14.0. The van der Waals surface area contributed by atoms with Crippen LogP contribution >= 0.6 is 0 Å². The van der Waals surface area contributed by atoms with Gasteiger partial charge in [0.05, 0.1) is 28.2 Å². The molecule has 1 aliphatic carbocycles. The zero-order valence-electron chi connectivity index (χ0n) is 30.1. The number of unbranched alkanes of at least 4 members (excludes halogenated alkanes) is 4. The van der Waals surface area contributed by atoms with Crippen LogP contribution in [0.5, 0.6) is 0 Å². The molecule has 294 valence electrons. The second-order valence-corrected chi connectivity index (χ2v) is 15.6. The molecule has 0 bridgehead atoms. The summed E-state index contributed by atoms with van der Waals surface area (Å²) >= 11 is 0. The second-order valence-electron chi connectivity index (χ2n) is 12.8. The lowest BCUT2D eigenvalue weighted by molar-refractivity contribution is -0.121. The van der Waals surface area contributed by atoms with Gasteiger partial charge in [-0.3, -0.25) is 23.5 Å². The van der Waals surface area contributed by atoms with Crippen LogP contribution in [0.15, 0.2) is 82.6 Å². The lowest BCUT2D eigenvalue weighted by Gasteiger charge is -2.24. The molecule has 0 saturated heterocycles. The maximum absolute atomic E-state index is 13.3. The van der Waals surface area contributed by atoms with Gasteiger partial charge in [0.15, 0.2) is 11.6 Å². The number of ketones is 2. The monoisotopic (exact) mass is 795 g/mol. The Labute approximate surface area is 319 Å². The number of rotatable bonds is 15. The molecule has 0 radical (unpaired) electrons. The fourth-order valence-corrected chi connectivity index (χ4v) is 7.26. The third kappa shape index (κ3) is 10.8. The summed E-state index contributed by atoms with van der Waals surface area (Å²) in [6.07, 6.45) is 6.24. The highest BCUT2D eigenvalue weighted by Crippen LogP contribution is 2.41. The maximum Gasteiger partial charge on any atom is 0.296 e. The van der Waals surface area contributed by atoms with Gasteiger partial charge in [-0.15, -0.1) is 0 Å². The Bertz CT molecular complexity index is 2280. The minimum Gasteiger partial charge on any atom is -0.399 e. The van der Waals surface area contributed by atoms with Gasteiger partial charge in [-0.2, -0.15) is 16.8 Å². The molecular formula is C37H45N7O9S2. The van der Waals surface area contributed by atoms with E-state index in [1.807, 2.05) is 12.1 Å². The number of hydrogen-bond donors (Lipinski definition) is 8.